The molecule has 1 amide bonds. The van der Waals surface area contributed by atoms with Gasteiger partial charge in [0.2, 0.25) is 0 Å². The minimum absolute atomic E-state index is 0.0806. The molecule has 11 heteroatoms. The van der Waals surface area contributed by atoms with E-state index in [1.807, 2.05) is 6.07 Å². The van der Waals surface area contributed by atoms with E-state index in [0.29, 0.717) is 28.0 Å². The maximum atomic E-state index is 13.8. The van der Waals surface area contributed by atoms with E-state index in [4.69, 9.17) is 9.47 Å². The summed E-state index contributed by atoms with van der Waals surface area (Å²) in [6.07, 6.45) is 1.63. The molecule has 1 N–H and O–H groups in total. The molecule has 2 aromatic heterocycles. The van der Waals surface area contributed by atoms with Gasteiger partial charge in [-0.05, 0) is 48.0 Å². The highest BCUT2D eigenvalue weighted by molar-refractivity contribution is 7.91. The van der Waals surface area contributed by atoms with Crippen molar-refractivity contribution in [1.82, 2.24) is 15.3 Å². The lowest BCUT2D eigenvalue weighted by molar-refractivity contribution is 0.0173. The van der Waals surface area contributed by atoms with Crippen LogP contribution in [0, 0.1) is 0 Å². The van der Waals surface area contributed by atoms with Crippen LogP contribution in [-0.2, 0) is 33.6 Å². The van der Waals surface area contributed by atoms with Gasteiger partial charge in [0.1, 0.15) is 5.75 Å². The van der Waals surface area contributed by atoms with Gasteiger partial charge in [0.15, 0.2) is 9.84 Å². The third-order valence-corrected chi connectivity index (χ3v) is 8.22. The van der Waals surface area contributed by atoms with E-state index in [2.05, 4.69) is 15.3 Å². The van der Waals surface area contributed by atoms with Crippen molar-refractivity contribution in [2.24, 2.45) is 0 Å². The molecule has 0 bridgehead atoms. The molecule has 3 heterocycles. The molecule has 0 saturated carbocycles. The normalized spacial score (nSPS) is 14.9. The highest BCUT2D eigenvalue weighted by Crippen LogP contribution is 2.36. The number of carbonyl (C=O) groups excluding carboxylic acids is 1. The highest BCUT2D eigenvalue weighted by Gasteiger charge is 2.26. The van der Waals surface area contributed by atoms with Gasteiger partial charge in [-0.1, -0.05) is 12.1 Å². The number of fused-ring (bicyclic) bond motifs is 2. The first-order valence-corrected chi connectivity index (χ1v) is 13.7. The van der Waals surface area contributed by atoms with Crippen molar-refractivity contribution in [1.29, 1.82) is 0 Å². The fourth-order valence-electron chi connectivity index (χ4n) is 4.32. The van der Waals surface area contributed by atoms with Crippen LogP contribution in [0.4, 0.5) is 8.78 Å². The van der Waals surface area contributed by atoms with E-state index >= 15 is 0 Å². The summed E-state index contributed by atoms with van der Waals surface area (Å²) in [4.78, 5) is 22.0. The third kappa shape index (κ3) is 5.59. The molecule has 0 aliphatic carbocycles. The number of halogens is 2. The lowest BCUT2D eigenvalue weighted by Gasteiger charge is -2.15. The Morgan fingerprint density at radius 1 is 1.13 bits per heavy atom. The number of alkyl halides is 2. The number of rotatable bonds is 6. The zero-order valence-corrected chi connectivity index (χ0v) is 22.0. The molecule has 39 heavy (non-hydrogen) atoms. The number of methoxy groups -OCH3 is 1. The van der Waals surface area contributed by atoms with Crippen LogP contribution in [0.5, 0.6) is 5.75 Å². The average molecular weight is 554 g/mol. The van der Waals surface area contributed by atoms with Crippen LogP contribution >= 0.6 is 0 Å². The molecule has 0 saturated heterocycles. The van der Waals surface area contributed by atoms with E-state index in [1.54, 1.807) is 36.5 Å². The Morgan fingerprint density at radius 3 is 2.72 bits per heavy atom. The van der Waals surface area contributed by atoms with Crippen molar-refractivity contribution in [2.75, 3.05) is 19.5 Å². The smallest absolute Gasteiger partial charge is 0.270 e. The number of amides is 1. The van der Waals surface area contributed by atoms with Crippen LogP contribution in [-0.4, -0.2) is 43.8 Å². The van der Waals surface area contributed by atoms with Gasteiger partial charge in [0, 0.05) is 35.2 Å². The van der Waals surface area contributed by atoms with E-state index in [1.165, 1.54) is 25.3 Å². The van der Waals surface area contributed by atoms with Crippen molar-refractivity contribution in [2.45, 2.75) is 30.9 Å². The van der Waals surface area contributed by atoms with Crippen LogP contribution in [0.15, 0.2) is 65.7 Å². The van der Waals surface area contributed by atoms with Gasteiger partial charge in [0.05, 0.1) is 54.4 Å². The molecule has 2 aromatic carbocycles. The molecule has 0 spiro atoms. The average Bonchev–Trinajstić information content (AvgIpc) is 3.07. The molecular formula is C28H25F2N3O5S. The van der Waals surface area contributed by atoms with Crippen LogP contribution in [0.25, 0.3) is 22.2 Å². The van der Waals surface area contributed by atoms with Gasteiger partial charge in [-0.25, -0.2) is 22.2 Å². The number of carbonyl (C=O) groups is 1. The molecule has 1 aliphatic rings. The Labute approximate surface area is 223 Å². The second-order valence-corrected chi connectivity index (χ2v) is 11.3. The first-order valence-electron chi connectivity index (χ1n) is 12.1. The minimum Gasteiger partial charge on any atom is -0.496 e. The second-order valence-electron chi connectivity index (χ2n) is 9.24. The summed E-state index contributed by atoms with van der Waals surface area (Å²) in [6, 6.07) is 14.0. The second kappa shape index (κ2) is 10.3. The Kier molecular flexibility index (Phi) is 7.04. The Bertz CT molecular complexity index is 1690. The van der Waals surface area contributed by atoms with E-state index in [0.717, 1.165) is 12.3 Å². The van der Waals surface area contributed by atoms with E-state index in [-0.39, 0.29) is 47.3 Å². The lowest BCUT2D eigenvalue weighted by atomic mass is 10.0. The van der Waals surface area contributed by atoms with Crippen molar-refractivity contribution in [3.8, 4) is 17.0 Å². The molecule has 1 aliphatic heterocycles. The molecule has 4 aromatic rings. The maximum absolute atomic E-state index is 13.8. The fourth-order valence-corrected chi connectivity index (χ4v) is 5.71. The molecule has 0 atom stereocenters. The monoisotopic (exact) mass is 553 g/mol. The molecule has 0 radical (unpaired) electrons. The summed E-state index contributed by atoms with van der Waals surface area (Å²) in [5.41, 5.74) is 2.79. The summed E-state index contributed by atoms with van der Waals surface area (Å²) in [5, 5.41) is 3.52. The summed E-state index contributed by atoms with van der Waals surface area (Å²) < 4.78 is 63.3. The molecule has 0 fully saturated rings. The topological polar surface area (TPSA) is 107 Å². The first-order chi connectivity index (χ1) is 18.5. The number of nitrogens with zero attached hydrogens (tertiary/aromatic N) is 2. The zero-order chi connectivity index (χ0) is 27.8. The number of aromatic nitrogens is 2. The van der Waals surface area contributed by atoms with E-state index in [9.17, 15) is 22.0 Å². The third-order valence-electron chi connectivity index (χ3n) is 6.46. The van der Waals surface area contributed by atoms with Crippen LogP contribution in [0.2, 0.25) is 0 Å². The Morgan fingerprint density at radius 2 is 1.95 bits per heavy atom. The van der Waals surface area contributed by atoms with Gasteiger partial charge in [-0.3, -0.25) is 9.78 Å². The summed E-state index contributed by atoms with van der Waals surface area (Å²) in [5.74, 6) is -3.31. The largest absolute Gasteiger partial charge is 0.496 e. The van der Waals surface area contributed by atoms with Gasteiger partial charge in [-0.2, -0.15) is 0 Å². The number of nitrogens with one attached hydrogen (secondary N) is 1. The maximum Gasteiger partial charge on any atom is 0.270 e. The number of pyridine rings is 2. The molecule has 202 valence electrons. The number of hydrogen-bond acceptors (Lipinski definition) is 7. The van der Waals surface area contributed by atoms with Gasteiger partial charge in [-0.15, -0.1) is 0 Å². The lowest BCUT2D eigenvalue weighted by Crippen LogP contribution is -2.23. The predicted molar refractivity (Wildman–Crippen MR) is 140 cm³/mol. The molecule has 0 unspecified atom stereocenters. The van der Waals surface area contributed by atoms with Gasteiger partial charge >= 0.3 is 0 Å². The van der Waals surface area contributed by atoms with Crippen molar-refractivity contribution in [3.63, 3.8) is 0 Å². The minimum atomic E-state index is -3.54. The number of benzene rings is 2. The molecule has 8 nitrogen and oxygen atoms in total. The Hall–Kier alpha value is -3.96. The van der Waals surface area contributed by atoms with Crippen LogP contribution in [0.3, 0.4) is 0 Å². The number of sulfone groups is 1. The quantitative estimate of drug-likeness (QED) is 0.370. The highest BCUT2D eigenvalue weighted by atomic mass is 32.2. The molecule has 5 rings (SSSR count). The Balaban J connectivity index is 1.37. The van der Waals surface area contributed by atoms with Gasteiger partial charge in [0.25, 0.3) is 11.8 Å². The van der Waals surface area contributed by atoms with Crippen molar-refractivity contribution in [3.05, 3.63) is 83.2 Å². The fraction of sp³-hybridized carbons (Fsp3) is 0.250. The summed E-state index contributed by atoms with van der Waals surface area (Å²) >= 11 is 0. The molecular weight excluding hydrogens is 528 g/mol. The van der Waals surface area contributed by atoms with Crippen LogP contribution < -0.4 is 10.1 Å². The van der Waals surface area contributed by atoms with Crippen LogP contribution in [0.1, 0.15) is 34.1 Å². The zero-order valence-electron chi connectivity index (χ0n) is 21.2. The predicted octanol–water partition coefficient (Wildman–Crippen LogP) is 4.65. The van der Waals surface area contributed by atoms with Crippen molar-refractivity contribution < 1.29 is 31.5 Å². The summed E-state index contributed by atoms with van der Waals surface area (Å²) in [6.45, 7) is 1.19. The number of hydrogen-bond donors (Lipinski definition) is 1. The number of ether oxygens (including phenoxy) is 2. The van der Waals surface area contributed by atoms with Crippen molar-refractivity contribution >= 4 is 26.6 Å². The first kappa shape index (κ1) is 26.6. The summed E-state index contributed by atoms with van der Waals surface area (Å²) in [7, 11) is -2.13. The van der Waals surface area contributed by atoms with E-state index < -0.39 is 21.7 Å². The standard InChI is InChI=1S/C28H25F2N3O5S/c1-28(29,30)20-6-7-22(25(12-20)37-2)23-8-5-18-14-31-21(13-24(18)33-23)15-32-27(34)17-3-4-19-16-38-9-10-39(35,36)26(19)11-17/h3-8,11-14H,9-10,15-16H2,1-2H3,(H,32,34). The SMILES string of the molecule is COc1cc(C(C)(F)F)ccc1-c1ccc2cnc(CNC(=O)c3ccc4c(c3)S(=O)(=O)CCOC4)cc2n1. The van der Waals surface area contributed by atoms with Gasteiger partial charge < -0.3 is 14.8 Å².